The third-order valence-corrected chi connectivity index (χ3v) is 6.21. The number of hydrogen-bond donors (Lipinski definition) is 1. The number of fused-ring (bicyclic) bond motifs is 1. The van der Waals surface area contributed by atoms with Crippen LogP contribution in [0.2, 0.25) is 0 Å². The standard InChI is InChI=1S/C13H11N3O4S2/c1-16-10(13(18)15-9-4-2-3-6-14-9)11(17)12-8(5-7-21-12)22(16,19)20/h2-7,10H,1H3,(H,14,15,18). The molecule has 9 heteroatoms. The molecular formula is C13H11N3O4S2. The first-order valence-corrected chi connectivity index (χ1v) is 8.56. The van der Waals surface area contributed by atoms with Gasteiger partial charge in [-0.2, -0.15) is 4.31 Å². The summed E-state index contributed by atoms with van der Waals surface area (Å²) in [6.45, 7) is 0. The summed E-state index contributed by atoms with van der Waals surface area (Å²) in [7, 11) is -2.64. The number of aromatic nitrogens is 1. The van der Waals surface area contributed by atoms with Gasteiger partial charge in [-0.25, -0.2) is 13.4 Å². The molecule has 22 heavy (non-hydrogen) atoms. The van der Waals surface area contributed by atoms with Crippen molar-refractivity contribution in [3.63, 3.8) is 0 Å². The highest BCUT2D eigenvalue weighted by atomic mass is 32.2. The van der Waals surface area contributed by atoms with E-state index in [-0.39, 0.29) is 15.6 Å². The summed E-state index contributed by atoms with van der Waals surface area (Å²) in [4.78, 5) is 28.7. The first kappa shape index (κ1) is 14.8. The highest BCUT2D eigenvalue weighted by Crippen LogP contribution is 2.32. The molecule has 0 saturated carbocycles. The number of sulfonamides is 1. The van der Waals surface area contributed by atoms with Crippen molar-refractivity contribution in [3.8, 4) is 0 Å². The quantitative estimate of drug-likeness (QED) is 0.824. The second-order valence-electron chi connectivity index (χ2n) is 4.61. The van der Waals surface area contributed by atoms with Gasteiger partial charge in [0.1, 0.15) is 10.7 Å². The molecule has 0 saturated heterocycles. The van der Waals surface area contributed by atoms with Crippen LogP contribution in [0.3, 0.4) is 0 Å². The van der Waals surface area contributed by atoms with Gasteiger partial charge in [-0.3, -0.25) is 9.59 Å². The Bertz CT molecular complexity index is 845. The minimum Gasteiger partial charge on any atom is -0.309 e. The van der Waals surface area contributed by atoms with Gasteiger partial charge in [0.15, 0.2) is 6.04 Å². The Morgan fingerprint density at radius 2 is 2.14 bits per heavy atom. The number of Topliss-reactive ketones (excluding diaryl/α,β-unsaturated/α-hetero) is 1. The normalized spacial score (nSPS) is 20.4. The predicted molar refractivity (Wildman–Crippen MR) is 80.3 cm³/mol. The Morgan fingerprint density at radius 3 is 2.82 bits per heavy atom. The van der Waals surface area contributed by atoms with E-state index < -0.39 is 27.8 Å². The van der Waals surface area contributed by atoms with Gasteiger partial charge in [0, 0.05) is 13.2 Å². The molecule has 0 fully saturated rings. The van der Waals surface area contributed by atoms with Gasteiger partial charge in [0.25, 0.3) is 5.91 Å². The van der Waals surface area contributed by atoms with Gasteiger partial charge in [0.2, 0.25) is 15.8 Å². The minimum absolute atomic E-state index is 0.0492. The van der Waals surface area contributed by atoms with Crippen LogP contribution in [0.1, 0.15) is 9.67 Å². The van der Waals surface area contributed by atoms with Gasteiger partial charge in [-0.1, -0.05) is 6.07 Å². The van der Waals surface area contributed by atoms with Crippen LogP contribution >= 0.6 is 11.3 Å². The van der Waals surface area contributed by atoms with Gasteiger partial charge in [-0.05, 0) is 23.6 Å². The lowest BCUT2D eigenvalue weighted by Gasteiger charge is -2.29. The van der Waals surface area contributed by atoms with Crippen LogP contribution in [0.4, 0.5) is 5.82 Å². The number of amides is 1. The zero-order valence-corrected chi connectivity index (χ0v) is 13.0. The van der Waals surface area contributed by atoms with E-state index >= 15 is 0 Å². The fourth-order valence-electron chi connectivity index (χ4n) is 2.18. The van der Waals surface area contributed by atoms with Crippen LogP contribution in [0.15, 0.2) is 40.7 Å². The number of pyridine rings is 1. The zero-order chi connectivity index (χ0) is 15.9. The van der Waals surface area contributed by atoms with E-state index in [9.17, 15) is 18.0 Å². The third kappa shape index (κ3) is 2.23. The summed E-state index contributed by atoms with van der Waals surface area (Å²) in [5, 5.41) is 3.98. The molecule has 1 N–H and O–H groups in total. The first-order chi connectivity index (χ1) is 10.4. The van der Waals surface area contributed by atoms with E-state index in [1.165, 1.54) is 24.7 Å². The van der Waals surface area contributed by atoms with Gasteiger partial charge >= 0.3 is 0 Å². The molecule has 0 spiro atoms. The molecule has 1 aliphatic rings. The Hall–Kier alpha value is -2.10. The molecule has 0 aliphatic carbocycles. The van der Waals surface area contributed by atoms with Crippen LogP contribution in [0, 0.1) is 0 Å². The van der Waals surface area contributed by atoms with Crippen LogP contribution in [-0.4, -0.2) is 42.5 Å². The second kappa shape index (κ2) is 5.27. The van der Waals surface area contributed by atoms with Gasteiger partial charge in [0.05, 0.1) is 4.88 Å². The number of carbonyl (C=O) groups is 2. The molecule has 3 heterocycles. The number of hydrogen-bond acceptors (Lipinski definition) is 6. The van der Waals surface area contributed by atoms with Crippen molar-refractivity contribution in [2.75, 3.05) is 12.4 Å². The molecule has 0 radical (unpaired) electrons. The maximum Gasteiger partial charge on any atom is 0.252 e. The summed E-state index contributed by atoms with van der Waals surface area (Å²) in [5.74, 6) is -1.01. The first-order valence-electron chi connectivity index (χ1n) is 6.24. The van der Waals surface area contributed by atoms with E-state index in [1.54, 1.807) is 18.2 Å². The average molecular weight is 337 g/mol. The van der Waals surface area contributed by atoms with Crippen molar-refractivity contribution in [2.24, 2.45) is 0 Å². The highest BCUT2D eigenvalue weighted by Gasteiger charge is 2.46. The maximum atomic E-state index is 12.4. The molecule has 0 bridgehead atoms. The van der Waals surface area contributed by atoms with E-state index in [4.69, 9.17) is 0 Å². The van der Waals surface area contributed by atoms with Crippen molar-refractivity contribution in [1.29, 1.82) is 0 Å². The number of anilines is 1. The molecule has 0 aromatic carbocycles. The van der Waals surface area contributed by atoms with Crippen molar-refractivity contribution in [2.45, 2.75) is 10.9 Å². The van der Waals surface area contributed by atoms with Gasteiger partial charge in [-0.15, -0.1) is 11.3 Å². The van der Waals surface area contributed by atoms with Crippen LogP contribution in [-0.2, 0) is 14.8 Å². The number of carbonyl (C=O) groups excluding carboxylic acids is 2. The lowest BCUT2D eigenvalue weighted by molar-refractivity contribution is -0.118. The summed E-state index contributed by atoms with van der Waals surface area (Å²) < 4.78 is 25.5. The predicted octanol–water partition coefficient (Wildman–Crippen LogP) is 0.967. The molecule has 7 nitrogen and oxygen atoms in total. The lowest BCUT2D eigenvalue weighted by atomic mass is 10.1. The molecule has 1 unspecified atom stereocenters. The SMILES string of the molecule is CN1C(C(=O)Nc2ccccn2)C(=O)c2sccc2S1(=O)=O. The van der Waals surface area contributed by atoms with E-state index in [1.807, 2.05) is 0 Å². The zero-order valence-electron chi connectivity index (χ0n) is 11.4. The molecule has 3 rings (SSSR count). The molecule has 1 aliphatic heterocycles. The fourth-order valence-corrected chi connectivity index (χ4v) is 4.83. The molecular weight excluding hydrogens is 326 g/mol. The fraction of sp³-hybridized carbons (Fsp3) is 0.154. The molecule has 2 aromatic rings. The molecule has 114 valence electrons. The number of likely N-dealkylation sites (N-methyl/N-ethyl adjacent to an activating group) is 1. The summed E-state index contributed by atoms with van der Waals surface area (Å²) in [6, 6.07) is 4.84. The number of thiophene rings is 1. The van der Waals surface area contributed by atoms with Crippen molar-refractivity contribution >= 4 is 38.9 Å². The Balaban J connectivity index is 1.98. The monoisotopic (exact) mass is 337 g/mol. The Labute approximate surface area is 130 Å². The molecule has 2 aromatic heterocycles. The van der Waals surface area contributed by atoms with Crippen LogP contribution in [0.25, 0.3) is 0 Å². The van der Waals surface area contributed by atoms with E-state index in [0.29, 0.717) is 0 Å². The van der Waals surface area contributed by atoms with Crippen LogP contribution in [0.5, 0.6) is 0 Å². The number of nitrogens with zero attached hydrogens (tertiary/aromatic N) is 2. The Kier molecular flexibility index (Phi) is 3.55. The number of ketones is 1. The largest absolute Gasteiger partial charge is 0.309 e. The highest BCUT2D eigenvalue weighted by molar-refractivity contribution is 7.89. The van der Waals surface area contributed by atoms with E-state index in [2.05, 4.69) is 10.3 Å². The van der Waals surface area contributed by atoms with Crippen LogP contribution < -0.4 is 5.32 Å². The smallest absolute Gasteiger partial charge is 0.252 e. The second-order valence-corrected chi connectivity index (χ2v) is 7.49. The number of rotatable bonds is 2. The lowest BCUT2D eigenvalue weighted by Crippen LogP contribution is -2.52. The van der Waals surface area contributed by atoms with E-state index in [0.717, 1.165) is 15.6 Å². The minimum atomic E-state index is -3.86. The van der Waals surface area contributed by atoms with Crippen molar-refractivity contribution in [1.82, 2.24) is 9.29 Å². The summed E-state index contributed by atoms with van der Waals surface area (Å²) >= 11 is 1.01. The van der Waals surface area contributed by atoms with Crippen molar-refractivity contribution in [3.05, 3.63) is 40.7 Å². The average Bonchev–Trinajstić information content (AvgIpc) is 2.97. The topological polar surface area (TPSA) is 96.4 Å². The summed E-state index contributed by atoms with van der Waals surface area (Å²) in [6.07, 6.45) is 1.48. The molecule has 1 atom stereocenters. The molecule has 1 amide bonds. The summed E-state index contributed by atoms with van der Waals surface area (Å²) in [5.41, 5.74) is 0. The Morgan fingerprint density at radius 1 is 1.36 bits per heavy atom. The number of nitrogens with one attached hydrogen (secondary N) is 1. The van der Waals surface area contributed by atoms with Gasteiger partial charge < -0.3 is 5.32 Å². The maximum absolute atomic E-state index is 12.4. The third-order valence-electron chi connectivity index (χ3n) is 3.29. The van der Waals surface area contributed by atoms with Crippen molar-refractivity contribution < 1.29 is 18.0 Å².